The second-order valence-corrected chi connectivity index (χ2v) is 5.45. The molecule has 28 heavy (non-hydrogen) atoms. The van der Waals surface area contributed by atoms with Crippen molar-refractivity contribution >= 4 is 29.9 Å². The van der Waals surface area contributed by atoms with E-state index in [4.69, 9.17) is 14.2 Å². The predicted octanol–water partition coefficient (Wildman–Crippen LogP) is 2.75. The number of pyridine rings is 1. The Balaban J connectivity index is 0.00000729. The number of halogens is 4. The molecule has 1 rings (SSSR count). The van der Waals surface area contributed by atoms with E-state index in [2.05, 4.69) is 20.6 Å². The van der Waals surface area contributed by atoms with Gasteiger partial charge in [0.25, 0.3) is 0 Å². The van der Waals surface area contributed by atoms with Gasteiger partial charge in [-0.05, 0) is 19.4 Å². The SMILES string of the molecule is CCNC(=NCc1cccnc1OCC(F)(F)F)NCCCOCCOC.I. The number of guanidine groups is 1. The minimum atomic E-state index is -4.42. The first kappa shape index (κ1) is 26.7. The highest BCUT2D eigenvalue weighted by molar-refractivity contribution is 14.0. The van der Waals surface area contributed by atoms with E-state index in [9.17, 15) is 13.2 Å². The van der Waals surface area contributed by atoms with Crippen molar-refractivity contribution in [3.8, 4) is 5.88 Å². The summed E-state index contributed by atoms with van der Waals surface area (Å²) in [6, 6.07) is 3.26. The van der Waals surface area contributed by atoms with Gasteiger partial charge in [-0.1, -0.05) is 6.07 Å². The van der Waals surface area contributed by atoms with Gasteiger partial charge in [-0.15, -0.1) is 24.0 Å². The standard InChI is InChI=1S/C17H27F3N4O3.HI/c1-3-21-16(23-8-5-9-26-11-10-25-2)24-12-14-6-4-7-22-15(14)27-13-17(18,19)20;/h4,6-7H,3,5,8-13H2,1-2H3,(H2,21,23,24);1H. The Kier molecular flexibility index (Phi) is 14.8. The predicted molar refractivity (Wildman–Crippen MR) is 111 cm³/mol. The molecule has 0 bridgehead atoms. The third-order valence-electron chi connectivity index (χ3n) is 3.16. The minimum Gasteiger partial charge on any atom is -0.468 e. The Morgan fingerprint density at radius 3 is 2.68 bits per heavy atom. The molecule has 0 amide bonds. The number of aromatic nitrogens is 1. The van der Waals surface area contributed by atoms with E-state index in [0.29, 0.717) is 44.4 Å². The molecule has 0 fully saturated rings. The summed E-state index contributed by atoms with van der Waals surface area (Å²) in [6.45, 7) is 3.67. The highest BCUT2D eigenvalue weighted by atomic mass is 127. The normalized spacial score (nSPS) is 11.7. The molecule has 0 aliphatic heterocycles. The Bertz CT molecular complexity index is 563. The number of rotatable bonds is 12. The van der Waals surface area contributed by atoms with Gasteiger partial charge in [0.15, 0.2) is 12.6 Å². The lowest BCUT2D eigenvalue weighted by Crippen LogP contribution is -2.38. The van der Waals surface area contributed by atoms with E-state index in [-0.39, 0.29) is 36.4 Å². The zero-order valence-electron chi connectivity index (χ0n) is 16.1. The number of methoxy groups -OCH3 is 1. The quantitative estimate of drug-likeness (QED) is 0.191. The third kappa shape index (κ3) is 12.9. The van der Waals surface area contributed by atoms with Crippen molar-refractivity contribution in [3.63, 3.8) is 0 Å². The van der Waals surface area contributed by atoms with Crippen LogP contribution in [0.4, 0.5) is 13.2 Å². The summed E-state index contributed by atoms with van der Waals surface area (Å²) in [5.74, 6) is 0.487. The lowest BCUT2D eigenvalue weighted by molar-refractivity contribution is -0.154. The van der Waals surface area contributed by atoms with Crippen LogP contribution in [0.5, 0.6) is 5.88 Å². The van der Waals surface area contributed by atoms with Crippen molar-refractivity contribution in [1.82, 2.24) is 15.6 Å². The zero-order chi connectivity index (χ0) is 20.0. The molecule has 0 spiro atoms. The third-order valence-corrected chi connectivity index (χ3v) is 3.16. The molecule has 0 unspecified atom stereocenters. The smallest absolute Gasteiger partial charge is 0.422 e. The van der Waals surface area contributed by atoms with Gasteiger partial charge in [-0.25, -0.2) is 9.98 Å². The Morgan fingerprint density at radius 1 is 1.21 bits per heavy atom. The fourth-order valence-corrected chi connectivity index (χ4v) is 1.96. The lowest BCUT2D eigenvalue weighted by Gasteiger charge is -2.13. The van der Waals surface area contributed by atoms with Crippen LogP contribution < -0.4 is 15.4 Å². The van der Waals surface area contributed by atoms with Crippen molar-refractivity contribution < 1.29 is 27.4 Å². The van der Waals surface area contributed by atoms with Crippen molar-refractivity contribution in [2.75, 3.05) is 46.6 Å². The van der Waals surface area contributed by atoms with Crippen LogP contribution in [-0.4, -0.2) is 63.7 Å². The van der Waals surface area contributed by atoms with Crippen molar-refractivity contribution in [3.05, 3.63) is 23.9 Å². The number of hydrogen-bond donors (Lipinski definition) is 2. The van der Waals surface area contributed by atoms with Gasteiger partial charge in [-0.3, -0.25) is 0 Å². The van der Waals surface area contributed by atoms with Gasteiger partial charge >= 0.3 is 6.18 Å². The van der Waals surface area contributed by atoms with Gasteiger partial charge in [-0.2, -0.15) is 13.2 Å². The average molecular weight is 520 g/mol. The average Bonchev–Trinajstić information content (AvgIpc) is 2.63. The fourth-order valence-electron chi connectivity index (χ4n) is 1.96. The molecule has 7 nitrogen and oxygen atoms in total. The van der Waals surface area contributed by atoms with Gasteiger partial charge in [0.2, 0.25) is 5.88 Å². The van der Waals surface area contributed by atoms with E-state index in [0.717, 1.165) is 6.42 Å². The van der Waals surface area contributed by atoms with Gasteiger partial charge in [0.1, 0.15) is 0 Å². The number of nitrogens with zero attached hydrogens (tertiary/aromatic N) is 2. The van der Waals surface area contributed by atoms with Crippen LogP contribution in [0.2, 0.25) is 0 Å². The monoisotopic (exact) mass is 520 g/mol. The summed E-state index contributed by atoms with van der Waals surface area (Å²) in [5.41, 5.74) is 0.474. The summed E-state index contributed by atoms with van der Waals surface area (Å²) < 4.78 is 52.1. The zero-order valence-corrected chi connectivity index (χ0v) is 18.4. The minimum absolute atomic E-state index is 0. The van der Waals surface area contributed by atoms with E-state index in [1.807, 2.05) is 6.92 Å². The maximum atomic E-state index is 12.3. The number of ether oxygens (including phenoxy) is 3. The molecule has 0 saturated carbocycles. The number of nitrogens with one attached hydrogen (secondary N) is 2. The first-order valence-electron chi connectivity index (χ1n) is 8.68. The van der Waals surface area contributed by atoms with Crippen LogP contribution in [0.15, 0.2) is 23.3 Å². The van der Waals surface area contributed by atoms with Crippen molar-refractivity contribution in [2.24, 2.45) is 4.99 Å². The fraction of sp³-hybridized carbons (Fsp3) is 0.647. The number of aliphatic imine (C=N–C) groups is 1. The maximum Gasteiger partial charge on any atom is 0.422 e. The summed E-state index contributed by atoms with van der Waals surface area (Å²) in [7, 11) is 1.62. The first-order valence-corrected chi connectivity index (χ1v) is 8.68. The molecule has 0 aromatic carbocycles. The summed E-state index contributed by atoms with van der Waals surface area (Å²) >= 11 is 0. The number of alkyl halides is 3. The lowest BCUT2D eigenvalue weighted by atomic mass is 10.3. The maximum absolute atomic E-state index is 12.3. The molecule has 0 atom stereocenters. The van der Waals surface area contributed by atoms with E-state index in [1.54, 1.807) is 19.2 Å². The van der Waals surface area contributed by atoms with E-state index in [1.165, 1.54) is 6.20 Å². The summed E-state index contributed by atoms with van der Waals surface area (Å²) in [4.78, 5) is 8.23. The highest BCUT2D eigenvalue weighted by Crippen LogP contribution is 2.20. The van der Waals surface area contributed by atoms with Crippen molar-refractivity contribution in [1.29, 1.82) is 0 Å². The van der Waals surface area contributed by atoms with Gasteiger partial charge < -0.3 is 24.8 Å². The number of hydrogen-bond acceptors (Lipinski definition) is 5. The van der Waals surface area contributed by atoms with Crippen LogP contribution in [0.3, 0.4) is 0 Å². The molecule has 1 aromatic rings. The van der Waals surface area contributed by atoms with E-state index >= 15 is 0 Å². The second kappa shape index (κ2) is 15.6. The topological polar surface area (TPSA) is 77.0 Å². The Hall–Kier alpha value is -1.34. The molecule has 0 aliphatic carbocycles. The molecule has 2 N–H and O–H groups in total. The van der Waals surface area contributed by atoms with Crippen LogP contribution in [0, 0.1) is 0 Å². The molecule has 1 aromatic heterocycles. The molecular weight excluding hydrogens is 492 g/mol. The summed E-state index contributed by atoms with van der Waals surface area (Å²) in [6.07, 6.45) is -2.26. The molecule has 0 aliphatic rings. The molecular formula is C17H28F3IN4O3. The van der Waals surface area contributed by atoms with Crippen LogP contribution in [0.25, 0.3) is 0 Å². The highest BCUT2D eigenvalue weighted by Gasteiger charge is 2.29. The van der Waals surface area contributed by atoms with Crippen LogP contribution in [0.1, 0.15) is 18.9 Å². The van der Waals surface area contributed by atoms with Crippen LogP contribution in [-0.2, 0) is 16.0 Å². The Labute approximate surface area is 180 Å². The largest absolute Gasteiger partial charge is 0.468 e. The summed E-state index contributed by atoms with van der Waals surface area (Å²) in [5, 5.41) is 6.22. The Morgan fingerprint density at radius 2 is 2.00 bits per heavy atom. The van der Waals surface area contributed by atoms with Crippen LogP contribution >= 0.6 is 24.0 Å². The van der Waals surface area contributed by atoms with Gasteiger partial charge in [0, 0.05) is 38.6 Å². The molecule has 0 radical (unpaired) electrons. The first-order chi connectivity index (χ1) is 13.0. The second-order valence-electron chi connectivity index (χ2n) is 5.45. The van der Waals surface area contributed by atoms with Gasteiger partial charge in [0.05, 0.1) is 19.8 Å². The molecule has 162 valence electrons. The molecule has 1 heterocycles. The molecule has 0 saturated heterocycles. The molecule has 11 heteroatoms. The van der Waals surface area contributed by atoms with Crippen molar-refractivity contribution in [2.45, 2.75) is 26.1 Å². The van der Waals surface area contributed by atoms with E-state index < -0.39 is 12.8 Å².